The zero-order valence-electron chi connectivity index (χ0n) is 3.44. The van der Waals surface area contributed by atoms with E-state index >= 15 is 0 Å². The van der Waals surface area contributed by atoms with Gasteiger partial charge in [0.05, 0.1) is 0 Å². The van der Waals surface area contributed by atoms with Crippen molar-refractivity contribution < 1.29 is 4.55 Å². The monoisotopic (exact) mass is 105 g/mol. The van der Waals surface area contributed by atoms with E-state index in [0.717, 1.165) is 18.7 Å². The summed E-state index contributed by atoms with van der Waals surface area (Å²) in [6, 6.07) is 0. The fourth-order valence-electron chi connectivity index (χ4n) is 0.461. The average molecular weight is 105 g/mol. The second-order valence-corrected chi connectivity index (χ2v) is 2.69. The van der Waals surface area contributed by atoms with Crippen molar-refractivity contribution in [1.29, 1.82) is 0 Å². The quantitative estimate of drug-likeness (QED) is 0.427. The lowest BCUT2D eigenvalue weighted by Crippen LogP contribution is -2.15. The van der Waals surface area contributed by atoms with E-state index in [-0.39, 0.29) is 0 Å². The van der Waals surface area contributed by atoms with E-state index in [9.17, 15) is 4.55 Å². The highest BCUT2D eigenvalue weighted by Crippen LogP contribution is 1.95. The van der Waals surface area contributed by atoms with Crippen molar-refractivity contribution >= 4 is 11.4 Å². The van der Waals surface area contributed by atoms with Gasteiger partial charge in [-0.15, -0.1) is 4.72 Å². The first kappa shape index (κ1) is 4.43. The molecule has 0 unspecified atom stereocenters. The first-order valence-corrected chi connectivity index (χ1v) is 3.33. The van der Waals surface area contributed by atoms with Crippen LogP contribution in [-0.4, -0.2) is 16.9 Å². The molecule has 0 aromatic heterocycles. The van der Waals surface area contributed by atoms with Crippen LogP contribution < -0.4 is 4.72 Å². The lowest BCUT2D eigenvalue weighted by molar-refractivity contribution is 0.593. The third kappa shape index (κ3) is 0.864. The Morgan fingerprint density at radius 1 is 1.67 bits per heavy atom. The summed E-state index contributed by atoms with van der Waals surface area (Å²) in [5.41, 5.74) is 0. The molecule has 3 heteroatoms. The smallest absolute Gasteiger partial charge is 0.126 e. The molecule has 6 heavy (non-hydrogen) atoms. The molecule has 0 aromatic carbocycles. The molecule has 1 aliphatic rings. The van der Waals surface area contributed by atoms with E-state index in [4.69, 9.17) is 0 Å². The van der Waals surface area contributed by atoms with Crippen LogP contribution in [0.4, 0.5) is 0 Å². The highest BCUT2D eigenvalue weighted by atomic mass is 32.2. The fraction of sp³-hybridized carbons (Fsp3) is 1.00. The molecule has 0 amide bonds. The van der Waals surface area contributed by atoms with E-state index in [2.05, 4.69) is 4.72 Å². The van der Waals surface area contributed by atoms with E-state index < -0.39 is 11.4 Å². The summed E-state index contributed by atoms with van der Waals surface area (Å²) in [4.78, 5) is 0. The minimum Gasteiger partial charge on any atom is -0.598 e. The lowest BCUT2D eigenvalue weighted by Gasteiger charge is -1.95. The van der Waals surface area contributed by atoms with E-state index in [1.165, 1.54) is 0 Å². The SMILES string of the molecule is [O-][S@@+]1CCCN1. The summed E-state index contributed by atoms with van der Waals surface area (Å²) in [5, 5.41) is 0. The summed E-state index contributed by atoms with van der Waals surface area (Å²) in [7, 11) is 0. The maximum absolute atomic E-state index is 10.2. The average Bonchev–Trinajstić information content (AvgIpc) is 1.86. The molecule has 0 radical (unpaired) electrons. The molecule has 1 rings (SSSR count). The van der Waals surface area contributed by atoms with Crippen LogP contribution in [0.1, 0.15) is 6.42 Å². The third-order valence-corrected chi connectivity index (χ3v) is 1.96. The first-order chi connectivity index (χ1) is 2.89. The van der Waals surface area contributed by atoms with E-state index in [0.29, 0.717) is 0 Å². The Kier molecular flexibility index (Phi) is 1.34. The van der Waals surface area contributed by atoms with Crippen molar-refractivity contribution in [1.82, 2.24) is 4.72 Å². The van der Waals surface area contributed by atoms with Crippen molar-refractivity contribution in [2.45, 2.75) is 6.42 Å². The predicted octanol–water partition coefficient (Wildman–Crippen LogP) is -0.357. The molecule has 1 heterocycles. The summed E-state index contributed by atoms with van der Waals surface area (Å²) in [6.07, 6.45) is 1.08. The number of nitrogens with one attached hydrogen (secondary N) is 1. The largest absolute Gasteiger partial charge is 0.598 e. The second-order valence-electron chi connectivity index (χ2n) is 1.30. The topological polar surface area (TPSA) is 35.1 Å². The number of rotatable bonds is 0. The Balaban J connectivity index is 2.18. The van der Waals surface area contributed by atoms with Gasteiger partial charge in [0.1, 0.15) is 5.75 Å². The van der Waals surface area contributed by atoms with Crippen LogP contribution in [0.25, 0.3) is 0 Å². The molecule has 1 atom stereocenters. The van der Waals surface area contributed by atoms with Crippen molar-refractivity contribution in [3.8, 4) is 0 Å². The zero-order valence-corrected chi connectivity index (χ0v) is 4.25. The molecule has 36 valence electrons. The van der Waals surface area contributed by atoms with Crippen LogP contribution >= 0.6 is 0 Å². The number of hydrogen-bond acceptors (Lipinski definition) is 2. The van der Waals surface area contributed by atoms with Gasteiger partial charge in [-0.05, 0) is 0 Å². The highest BCUT2D eigenvalue weighted by Gasteiger charge is 2.11. The molecular weight excluding hydrogens is 98.1 g/mol. The third-order valence-electron chi connectivity index (χ3n) is 0.770. The van der Waals surface area contributed by atoms with Crippen molar-refractivity contribution in [2.24, 2.45) is 0 Å². The van der Waals surface area contributed by atoms with Crippen LogP contribution in [-0.2, 0) is 11.4 Å². The molecule has 0 aliphatic carbocycles. The molecule has 1 N–H and O–H groups in total. The summed E-state index contributed by atoms with van der Waals surface area (Å²) >= 11 is -0.673. The van der Waals surface area contributed by atoms with Crippen molar-refractivity contribution in [2.75, 3.05) is 12.3 Å². The molecular formula is C3H7NOS. The van der Waals surface area contributed by atoms with Crippen molar-refractivity contribution in [3.63, 3.8) is 0 Å². The van der Waals surface area contributed by atoms with Gasteiger partial charge in [0.15, 0.2) is 0 Å². The lowest BCUT2D eigenvalue weighted by atomic mass is 10.5. The van der Waals surface area contributed by atoms with Gasteiger partial charge in [-0.25, -0.2) is 0 Å². The zero-order chi connectivity index (χ0) is 4.41. The molecule has 0 aromatic rings. The highest BCUT2D eigenvalue weighted by molar-refractivity contribution is 7.89. The molecule has 1 fully saturated rings. The van der Waals surface area contributed by atoms with Gasteiger partial charge in [0, 0.05) is 24.3 Å². The second kappa shape index (κ2) is 1.82. The van der Waals surface area contributed by atoms with Gasteiger partial charge < -0.3 is 4.55 Å². The van der Waals surface area contributed by atoms with Gasteiger partial charge in [-0.2, -0.15) is 0 Å². The fourth-order valence-corrected chi connectivity index (χ4v) is 1.38. The minimum atomic E-state index is -0.673. The normalized spacial score (nSPS) is 34.5. The van der Waals surface area contributed by atoms with Gasteiger partial charge in [0.2, 0.25) is 0 Å². The molecule has 0 bridgehead atoms. The minimum absolute atomic E-state index is 0.673. The molecule has 0 saturated carbocycles. The molecule has 1 saturated heterocycles. The Morgan fingerprint density at radius 3 is 2.67 bits per heavy atom. The number of hydrogen-bond donors (Lipinski definition) is 1. The summed E-state index contributed by atoms with van der Waals surface area (Å²) in [6.45, 7) is 0.937. The van der Waals surface area contributed by atoms with E-state index in [1.54, 1.807) is 0 Å². The molecule has 0 spiro atoms. The van der Waals surface area contributed by atoms with E-state index in [1.807, 2.05) is 0 Å². The van der Waals surface area contributed by atoms with Crippen LogP contribution in [0, 0.1) is 0 Å². The Morgan fingerprint density at radius 2 is 2.50 bits per heavy atom. The van der Waals surface area contributed by atoms with Crippen LogP contribution in [0.2, 0.25) is 0 Å². The molecule has 2 nitrogen and oxygen atoms in total. The maximum Gasteiger partial charge on any atom is 0.126 e. The van der Waals surface area contributed by atoms with Crippen LogP contribution in [0.3, 0.4) is 0 Å². The van der Waals surface area contributed by atoms with Gasteiger partial charge in [-0.3, -0.25) is 0 Å². The van der Waals surface area contributed by atoms with Gasteiger partial charge >= 0.3 is 0 Å². The Labute approximate surface area is 40.2 Å². The molecule has 1 aliphatic heterocycles. The van der Waals surface area contributed by atoms with Gasteiger partial charge in [0.25, 0.3) is 0 Å². The maximum atomic E-state index is 10.2. The van der Waals surface area contributed by atoms with Gasteiger partial charge in [-0.1, -0.05) is 0 Å². The Bertz CT molecular complexity index is 44.1. The summed E-state index contributed by atoms with van der Waals surface area (Å²) in [5.74, 6) is 0.847. The predicted molar refractivity (Wildman–Crippen MR) is 25.6 cm³/mol. The summed E-state index contributed by atoms with van der Waals surface area (Å²) < 4.78 is 13.0. The Hall–Kier alpha value is 0.270. The van der Waals surface area contributed by atoms with Crippen LogP contribution in [0.15, 0.2) is 0 Å². The first-order valence-electron chi connectivity index (χ1n) is 2.01. The van der Waals surface area contributed by atoms with Crippen molar-refractivity contribution in [3.05, 3.63) is 0 Å². The standard InChI is InChI=1S/C3H7NOS/c5-6-3-1-2-4-6/h4H,1-3H2/t6-/m0/s1. The van der Waals surface area contributed by atoms with Crippen LogP contribution in [0.5, 0.6) is 0 Å².